The minimum atomic E-state index is -0.201. The molecule has 2 heterocycles. The Hall–Kier alpha value is -2.88. The lowest BCUT2D eigenvalue weighted by Crippen LogP contribution is -2.38. The summed E-state index contributed by atoms with van der Waals surface area (Å²) < 4.78 is 5.10. The predicted molar refractivity (Wildman–Crippen MR) is 91.9 cm³/mol. The Labute approximate surface area is 146 Å². The summed E-state index contributed by atoms with van der Waals surface area (Å²) in [5.74, 6) is 1.05. The molecule has 2 aromatic rings. The van der Waals surface area contributed by atoms with Crippen LogP contribution in [-0.4, -0.2) is 27.6 Å². The van der Waals surface area contributed by atoms with Crippen LogP contribution < -0.4 is 5.32 Å². The van der Waals surface area contributed by atoms with Crippen LogP contribution in [0.4, 0.5) is 10.5 Å². The number of benzene rings is 1. The zero-order chi connectivity index (χ0) is 17.8. The molecule has 1 fully saturated rings. The Morgan fingerprint density at radius 2 is 2.20 bits per heavy atom. The lowest BCUT2D eigenvalue weighted by Gasteiger charge is -2.28. The van der Waals surface area contributed by atoms with Crippen molar-refractivity contribution in [3.05, 3.63) is 41.0 Å². The summed E-state index contributed by atoms with van der Waals surface area (Å²) in [6.45, 7) is 4.29. The summed E-state index contributed by atoms with van der Waals surface area (Å²) in [7, 11) is 0. The van der Waals surface area contributed by atoms with Crippen molar-refractivity contribution in [2.24, 2.45) is 0 Å². The highest BCUT2D eigenvalue weighted by molar-refractivity contribution is 5.90. The number of carbonyl (C=O) groups is 1. The van der Waals surface area contributed by atoms with Crippen molar-refractivity contribution in [3.63, 3.8) is 0 Å². The number of aryl methyl sites for hydroxylation is 2. The third-order valence-corrected chi connectivity index (χ3v) is 4.46. The zero-order valence-electron chi connectivity index (χ0n) is 14.5. The first-order valence-corrected chi connectivity index (χ1v) is 8.47. The van der Waals surface area contributed by atoms with E-state index in [0.717, 1.165) is 31.2 Å². The highest BCUT2D eigenvalue weighted by Crippen LogP contribution is 2.29. The molecule has 1 unspecified atom stereocenters. The van der Waals surface area contributed by atoms with Gasteiger partial charge < -0.3 is 14.7 Å². The van der Waals surface area contributed by atoms with Gasteiger partial charge in [-0.3, -0.25) is 0 Å². The van der Waals surface area contributed by atoms with Crippen molar-refractivity contribution < 1.29 is 9.32 Å². The number of nitrogens with one attached hydrogen (secondary N) is 1. The summed E-state index contributed by atoms with van der Waals surface area (Å²) in [5.41, 5.74) is 2.08. The molecule has 0 aliphatic carbocycles. The van der Waals surface area contributed by atoms with Crippen LogP contribution in [0.25, 0.3) is 0 Å². The number of aromatic nitrogens is 2. The average molecular weight is 339 g/mol. The van der Waals surface area contributed by atoms with E-state index in [1.807, 2.05) is 13.0 Å². The number of urea groups is 1. The minimum absolute atomic E-state index is 0.195. The van der Waals surface area contributed by atoms with Gasteiger partial charge in [-0.05, 0) is 37.5 Å². The molecule has 2 amide bonds. The van der Waals surface area contributed by atoms with Crippen LogP contribution in [0, 0.1) is 25.2 Å². The van der Waals surface area contributed by atoms with Gasteiger partial charge in [-0.15, -0.1) is 0 Å². The first-order chi connectivity index (χ1) is 12.1. The number of hydrogen-bond acceptors (Lipinski definition) is 5. The monoisotopic (exact) mass is 339 g/mol. The molecule has 1 aliphatic heterocycles. The summed E-state index contributed by atoms with van der Waals surface area (Å²) in [6, 6.07) is 6.96. The fourth-order valence-electron chi connectivity index (χ4n) is 3.08. The molecule has 0 saturated carbocycles. The predicted octanol–water partition coefficient (Wildman–Crippen LogP) is 3.71. The van der Waals surface area contributed by atoms with E-state index in [2.05, 4.69) is 21.5 Å². The SMILES string of the molecule is Cc1nc(C2CCCCCN2C(=O)Nc2cc(C#N)ccc2C)no1. The fraction of sp³-hybridized carbons (Fsp3) is 0.444. The zero-order valence-corrected chi connectivity index (χ0v) is 14.5. The first-order valence-electron chi connectivity index (χ1n) is 8.47. The minimum Gasteiger partial charge on any atom is -0.340 e. The second kappa shape index (κ2) is 7.34. The van der Waals surface area contributed by atoms with E-state index in [0.29, 0.717) is 29.5 Å². The Morgan fingerprint density at radius 1 is 1.36 bits per heavy atom. The number of hydrogen-bond donors (Lipinski definition) is 1. The third kappa shape index (κ3) is 3.79. The van der Waals surface area contributed by atoms with Crippen LogP contribution in [0.15, 0.2) is 22.7 Å². The van der Waals surface area contributed by atoms with Crippen molar-refractivity contribution >= 4 is 11.7 Å². The topological polar surface area (TPSA) is 95.1 Å². The number of nitrogens with zero attached hydrogens (tertiary/aromatic N) is 4. The van der Waals surface area contributed by atoms with E-state index in [9.17, 15) is 4.79 Å². The van der Waals surface area contributed by atoms with Crippen LogP contribution in [0.3, 0.4) is 0 Å². The van der Waals surface area contributed by atoms with Gasteiger partial charge in [0.25, 0.3) is 0 Å². The maximum atomic E-state index is 12.9. The second-order valence-electron chi connectivity index (χ2n) is 6.30. The van der Waals surface area contributed by atoms with E-state index < -0.39 is 0 Å². The van der Waals surface area contributed by atoms with E-state index in [4.69, 9.17) is 9.78 Å². The number of rotatable bonds is 2. The van der Waals surface area contributed by atoms with Crippen molar-refractivity contribution in [1.82, 2.24) is 15.0 Å². The molecule has 1 aliphatic rings. The Kier molecular flexibility index (Phi) is 4.98. The molecule has 3 rings (SSSR count). The fourth-order valence-corrected chi connectivity index (χ4v) is 3.08. The molecule has 1 atom stereocenters. The maximum absolute atomic E-state index is 12.9. The number of nitriles is 1. The Bertz CT molecular complexity index is 808. The van der Waals surface area contributed by atoms with Crippen LogP contribution in [-0.2, 0) is 0 Å². The van der Waals surface area contributed by atoms with Gasteiger partial charge in [-0.25, -0.2) is 4.79 Å². The van der Waals surface area contributed by atoms with Crippen molar-refractivity contribution in [2.45, 2.75) is 45.6 Å². The lowest BCUT2D eigenvalue weighted by molar-refractivity contribution is 0.184. The smallest absolute Gasteiger partial charge is 0.322 e. The van der Waals surface area contributed by atoms with Gasteiger partial charge in [0.1, 0.15) is 0 Å². The summed E-state index contributed by atoms with van der Waals surface area (Å²) >= 11 is 0. The number of likely N-dealkylation sites (tertiary alicyclic amines) is 1. The normalized spacial score (nSPS) is 17.6. The van der Waals surface area contributed by atoms with Gasteiger partial charge in [0.15, 0.2) is 5.82 Å². The highest BCUT2D eigenvalue weighted by atomic mass is 16.5. The lowest BCUT2D eigenvalue weighted by atomic mass is 10.1. The van der Waals surface area contributed by atoms with E-state index in [-0.39, 0.29) is 12.1 Å². The van der Waals surface area contributed by atoms with Gasteiger partial charge in [-0.1, -0.05) is 24.1 Å². The molecule has 0 bridgehead atoms. The maximum Gasteiger partial charge on any atom is 0.322 e. The standard InChI is InChI=1S/C18H21N5O2/c1-12-7-8-14(11-19)10-15(12)21-18(24)23-9-5-3-4-6-16(23)17-20-13(2)25-22-17/h7-8,10,16H,3-6,9H2,1-2H3,(H,21,24). The molecule has 130 valence electrons. The quantitative estimate of drug-likeness (QED) is 0.900. The van der Waals surface area contributed by atoms with Crippen molar-refractivity contribution in [2.75, 3.05) is 11.9 Å². The van der Waals surface area contributed by atoms with E-state index >= 15 is 0 Å². The van der Waals surface area contributed by atoms with Crippen molar-refractivity contribution in [1.29, 1.82) is 5.26 Å². The molecular weight excluding hydrogens is 318 g/mol. The Balaban J connectivity index is 1.84. The van der Waals surface area contributed by atoms with Gasteiger partial charge in [0.05, 0.1) is 17.7 Å². The number of anilines is 1. The summed E-state index contributed by atoms with van der Waals surface area (Å²) in [5, 5.41) is 16.0. The van der Waals surface area contributed by atoms with Gasteiger partial charge in [0.2, 0.25) is 5.89 Å². The first kappa shape index (κ1) is 17.0. The summed E-state index contributed by atoms with van der Waals surface area (Å²) in [6.07, 6.45) is 3.84. The average Bonchev–Trinajstić information content (AvgIpc) is 2.89. The van der Waals surface area contributed by atoms with Crippen LogP contribution in [0.5, 0.6) is 0 Å². The molecule has 7 nitrogen and oxygen atoms in total. The van der Waals surface area contributed by atoms with E-state index in [1.165, 1.54) is 0 Å². The molecule has 1 N–H and O–H groups in total. The van der Waals surface area contributed by atoms with Gasteiger partial charge in [0, 0.05) is 19.2 Å². The molecule has 1 aromatic heterocycles. The second-order valence-corrected chi connectivity index (χ2v) is 6.30. The third-order valence-electron chi connectivity index (χ3n) is 4.46. The summed E-state index contributed by atoms with van der Waals surface area (Å²) in [4.78, 5) is 19.0. The Morgan fingerprint density at radius 3 is 2.92 bits per heavy atom. The molecule has 25 heavy (non-hydrogen) atoms. The number of carbonyl (C=O) groups excluding carboxylic acids is 1. The largest absolute Gasteiger partial charge is 0.340 e. The van der Waals surface area contributed by atoms with E-state index in [1.54, 1.807) is 24.0 Å². The molecule has 7 heteroatoms. The van der Waals surface area contributed by atoms with Crippen molar-refractivity contribution in [3.8, 4) is 6.07 Å². The van der Waals surface area contributed by atoms with Crippen LogP contribution in [0.1, 0.15) is 54.6 Å². The molecule has 0 spiro atoms. The molecule has 1 aromatic carbocycles. The van der Waals surface area contributed by atoms with Crippen LogP contribution in [0.2, 0.25) is 0 Å². The molecular formula is C18H21N5O2. The molecule has 1 saturated heterocycles. The number of amides is 2. The van der Waals surface area contributed by atoms with Crippen LogP contribution >= 0.6 is 0 Å². The van der Waals surface area contributed by atoms with Gasteiger partial charge >= 0.3 is 6.03 Å². The van der Waals surface area contributed by atoms with Gasteiger partial charge in [-0.2, -0.15) is 10.2 Å². The molecule has 0 radical (unpaired) electrons. The highest BCUT2D eigenvalue weighted by Gasteiger charge is 2.30.